The molecule has 1 aromatic rings. The Labute approximate surface area is 121 Å². The Morgan fingerprint density at radius 3 is 2.86 bits per heavy atom. The summed E-state index contributed by atoms with van der Waals surface area (Å²) in [5.41, 5.74) is 0.689. The molecule has 1 aliphatic heterocycles. The SMILES string of the molecule is CC(CNC(=O)c1cccc2c1OC(C)C(=O)N2)C(=O)O. The molecule has 0 spiro atoms. The normalized spacial score (nSPS) is 18.0. The number of ether oxygens (including phenoxy) is 1. The second kappa shape index (κ2) is 5.82. The molecule has 0 aromatic heterocycles. The number of carbonyl (C=O) groups excluding carboxylic acids is 2. The van der Waals surface area contributed by atoms with Crippen LogP contribution in [0.3, 0.4) is 0 Å². The third-order valence-electron chi connectivity index (χ3n) is 3.17. The lowest BCUT2D eigenvalue weighted by Crippen LogP contribution is -2.36. The molecule has 2 unspecified atom stereocenters. The number of carbonyl (C=O) groups is 3. The summed E-state index contributed by atoms with van der Waals surface area (Å²) >= 11 is 0. The van der Waals surface area contributed by atoms with Crippen LogP contribution in [0.5, 0.6) is 5.75 Å². The summed E-state index contributed by atoms with van der Waals surface area (Å²) in [4.78, 5) is 34.4. The molecule has 1 aliphatic rings. The Hall–Kier alpha value is -2.57. The number of aliphatic carboxylic acids is 1. The van der Waals surface area contributed by atoms with Crippen LogP contribution in [-0.2, 0) is 9.59 Å². The monoisotopic (exact) mass is 292 g/mol. The summed E-state index contributed by atoms with van der Waals surface area (Å²) in [7, 11) is 0. The predicted octanol–water partition coefficient (Wildman–Crippen LogP) is 0.856. The van der Waals surface area contributed by atoms with Gasteiger partial charge in [0.25, 0.3) is 11.8 Å². The lowest BCUT2D eigenvalue weighted by Gasteiger charge is -2.25. The van der Waals surface area contributed by atoms with E-state index in [9.17, 15) is 14.4 Å². The smallest absolute Gasteiger partial charge is 0.308 e. The predicted molar refractivity (Wildman–Crippen MR) is 74.3 cm³/mol. The van der Waals surface area contributed by atoms with E-state index in [1.165, 1.54) is 6.92 Å². The molecule has 0 bridgehead atoms. The fraction of sp³-hybridized carbons (Fsp3) is 0.357. The maximum Gasteiger partial charge on any atom is 0.308 e. The molecule has 7 nitrogen and oxygen atoms in total. The van der Waals surface area contributed by atoms with E-state index in [1.807, 2.05) is 0 Å². The van der Waals surface area contributed by atoms with Gasteiger partial charge in [0.05, 0.1) is 17.2 Å². The topological polar surface area (TPSA) is 105 Å². The second-order valence-corrected chi connectivity index (χ2v) is 4.88. The highest BCUT2D eigenvalue weighted by molar-refractivity contribution is 6.04. The van der Waals surface area contributed by atoms with Gasteiger partial charge in [0.1, 0.15) is 0 Å². The van der Waals surface area contributed by atoms with Crippen molar-refractivity contribution in [2.75, 3.05) is 11.9 Å². The van der Waals surface area contributed by atoms with Gasteiger partial charge in [0.2, 0.25) is 0 Å². The van der Waals surface area contributed by atoms with Crippen LogP contribution in [0.2, 0.25) is 0 Å². The first-order chi connectivity index (χ1) is 9.90. The van der Waals surface area contributed by atoms with Crippen molar-refractivity contribution in [3.63, 3.8) is 0 Å². The van der Waals surface area contributed by atoms with Crippen LogP contribution in [-0.4, -0.2) is 35.5 Å². The molecule has 0 fully saturated rings. The Kier molecular flexibility index (Phi) is 4.11. The fourth-order valence-corrected chi connectivity index (χ4v) is 1.83. The van der Waals surface area contributed by atoms with E-state index in [2.05, 4.69) is 10.6 Å². The van der Waals surface area contributed by atoms with Gasteiger partial charge in [0.15, 0.2) is 11.9 Å². The van der Waals surface area contributed by atoms with Crippen LogP contribution in [0.15, 0.2) is 18.2 Å². The molecule has 2 atom stereocenters. The van der Waals surface area contributed by atoms with E-state index in [0.29, 0.717) is 11.4 Å². The molecule has 112 valence electrons. The summed E-state index contributed by atoms with van der Waals surface area (Å²) in [5.74, 6) is -2.09. The Balaban J connectivity index is 2.17. The average molecular weight is 292 g/mol. The molecule has 3 N–H and O–H groups in total. The highest BCUT2D eigenvalue weighted by Gasteiger charge is 2.27. The van der Waals surface area contributed by atoms with Crippen LogP contribution < -0.4 is 15.4 Å². The highest BCUT2D eigenvalue weighted by atomic mass is 16.5. The van der Waals surface area contributed by atoms with E-state index < -0.39 is 23.9 Å². The van der Waals surface area contributed by atoms with Crippen molar-refractivity contribution >= 4 is 23.5 Å². The molecule has 0 aliphatic carbocycles. The van der Waals surface area contributed by atoms with Gasteiger partial charge in [-0.3, -0.25) is 14.4 Å². The number of carboxylic acids is 1. The zero-order valence-electron chi connectivity index (χ0n) is 11.7. The van der Waals surface area contributed by atoms with Gasteiger partial charge in [-0.2, -0.15) is 0 Å². The average Bonchev–Trinajstić information content (AvgIpc) is 2.44. The van der Waals surface area contributed by atoms with Crippen molar-refractivity contribution in [1.29, 1.82) is 0 Å². The van der Waals surface area contributed by atoms with Gasteiger partial charge < -0.3 is 20.5 Å². The maximum atomic E-state index is 12.1. The van der Waals surface area contributed by atoms with E-state index in [0.717, 1.165) is 0 Å². The number of rotatable bonds is 4. The Morgan fingerprint density at radius 2 is 2.19 bits per heavy atom. The molecular formula is C14H16N2O5. The molecule has 0 radical (unpaired) electrons. The van der Waals surface area contributed by atoms with Crippen LogP contribution >= 0.6 is 0 Å². The number of fused-ring (bicyclic) bond motifs is 1. The number of benzene rings is 1. The highest BCUT2D eigenvalue weighted by Crippen LogP contribution is 2.33. The summed E-state index contributed by atoms with van der Waals surface area (Å²) in [5, 5.41) is 14.0. The first-order valence-electron chi connectivity index (χ1n) is 6.51. The van der Waals surface area contributed by atoms with E-state index in [4.69, 9.17) is 9.84 Å². The third kappa shape index (κ3) is 3.13. The number of amides is 2. The molecule has 0 saturated carbocycles. The van der Waals surface area contributed by atoms with Crippen molar-refractivity contribution in [3.05, 3.63) is 23.8 Å². The largest absolute Gasteiger partial charge is 0.481 e. The Morgan fingerprint density at radius 1 is 1.48 bits per heavy atom. The standard InChI is InChI=1S/C14H16N2O5/c1-7(14(19)20)6-15-13(18)9-4-3-5-10-11(9)21-8(2)12(17)16-10/h3-5,7-8H,6H2,1-2H3,(H,15,18)(H,16,17)(H,19,20). The lowest BCUT2D eigenvalue weighted by molar-refractivity contribution is -0.140. The molecular weight excluding hydrogens is 276 g/mol. The van der Waals surface area contributed by atoms with Gasteiger partial charge >= 0.3 is 5.97 Å². The van der Waals surface area contributed by atoms with Gasteiger partial charge in [-0.15, -0.1) is 0 Å². The third-order valence-corrected chi connectivity index (χ3v) is 3.17. The lowest BCUT2D eigenvalue weighted by atomic mass is 10.1. The quantitative estimate of drug-likeness (QED) is 0.763. The number of para-hydroxylation sites is 1. The maximum absolute atomic E-state index is 12.1. The first-order valence-corrected chi connectivity index (χ1v) is 6.51. The van der Waals surface area contributed by atoms with Gasteiger partial charge in [0, 0.05) is 6.54 Å². The summed E-state index contributed by atoms with van der Waals surface area (Å²) in [6.45, 7) is 3.10. The first kappa shape index (κ1) is 14.8. The van der Waals surface area contributed by atoms with Crippen LogP contribution in [0.4, 0.5) is 5.69 Å². The van der Waals surface area contributed by atoms with Crippen LogP contribution in [0, 0.1) is 5.92 Å². The minimum absolute atomic E-state index is 0.0136. The van der Waals surface area contributed by atoms with Crippen molar-refractivity contribution < 1.29 is 24.2 Å². The zero-order chi connectivity index (χ0) is 15.6. The van der Waals surface area contributed by atoms with Gasteiger partial charge in [-0.25, -0.2) is 0 Å². The molecule has 21 heavy (non-hydrogen) atoms. The minimum atomic E-state index is -0.984. The molecule has 2 amide bonds. The minimum Gasteiger partial charge on any atom is -0.481 e. The van der Waals surface area contributed by atoms with Crippen molar-refractivity contribution in [1.82, 2.24) is 5.32 Å². The van der Waals surface area contributed by atoms with E-state index >= 15 is 0 Å². The van der Waals surface area contributed by atoms with Gasteiger partial charge in [-0.05, 0) is 19.1 Å². The number of anilines is 1. The summed E-state index contributed by atoms with van der Waals surface area (Å²) < 4.78 is 5.46. The zero-order valence-corrected chi connectivity index (χ0v) is 11.7. The second-order valence-electron chi connectivity index (χ2n) is 4.88. The molecule has 0 saturated heterocycles. The van der Waals surface area contributed by atoms with Crippen molar-refractivity contribution in [2.24, 2.45) is 5.92 Å². The van der Waals surface area contributed by atoms with Gasteiger partial charge in [-0.1, -0.05) is 13.0 Å². The van der Waals surface area contributed by atoms with Crippen molar-refractivity contribution in [2.45, 2.75) is 20.0 Å². The molecule has 1 aromatic carbocycles. The Bertz CT molecular complexity index is 599. The van der Waals surface area contributed by atoms with Crippen LogP contribution in [0.1, 0.15) is 24.2 Å². The summed E-state index contributed by atoms with van der Waals surface area (Å²) in [6.07, 6.45) is -0.690. The van der Waals surface area contributed by atoms with E-state index in [-0.39, 0.29) is 18.0 Å². The van der Waals surface area contributed by atoms with Crippen LogP contribution in [0.25, 0.3) is 0 Å². The number of hydrogen-bond acceptors (Lipinski definition) is 4. The van der Waals surface area contributed by atoms with E-state index in [1.54, 1.807) is 25.1 Å². The fourth-order valence-electron chi connectivity index (χ4n) is 1.83. The summed E-state index contributed by atoms with van der Waals surface area (Å²) in [6, 6.07) is 4.81. The molecule has 7 heteroatoms. The number of carboxylic acid groups (broad SMARTS) is 1. The molecule has 1 heterocycles. The molecule has 2 rings (SSSR count). The number of nitrogens with one attached hydrogen (secondary N) is 2. The van der Waals surface area contributed by atoms with Crippen molar-refractivity contribution in [3.8, 4) is 5.75 Å². The number of hydrogen-bond donors (Lipinski definition) is 3.